The summed E-state index contributed by atoms with van der Waals surface area (Å²) < 4.78 is 0.805. The molecule has 0 amide bonds. The van der Waals surface area contributed by atoms with Crippen LogP contribution in [0.2, 0.25) is 10.0 Å². The first kappa shape index (κ1) is 14.9. The second-order valence-corrected chi connectivity index (χ2v) is 5.45. The van der Waals surface area contributed by atoms with Gasteiger partial charge >= 0.3 is 0 Å². The van der Waals surface area contributed by atoms with E-state index in [4.69, 9.17) is 34.3 Å². The molecule has 8 heteroatoms. The Kier molecular flexibility index (Phi) is 4.68. The van der Waals surface area contributed by atoms with Crippen molar-refractivity contribution >= 4 is 56.5 Å². The summed E-state index contributed by atoms with van der Waals surface area (Å²) >= 11 is 15.3. The normalized spacial score (nSPS) is 9.95. The number of rotatable bonds is 3. The Balaban J connectivity index is 2.43. The van der Waals surface area contributed by atoms with Crippen LogP contribution in [0.1, 0.15) is 5.56 Å². The van der Waals surface area contributed by atoms with Crippen molar-refractivity contribution in [2.45, 2.75) is 0 Å². The molecule has 20 heavy (non-hydrogen) atoms. The van der Waals surface area contributed by atoms with E-state index in [9.17, 15) is 0 Å². The highest BCUT2D eigenvalue weighted by Gasteiger charge is 2.11. The van der Waals surface area contributed by atoms with Crippen LogP contribution in [0.3, 0.4) is 0 Å². The molecule has 0 spiro atoms. The number of nitrogens with zero attached hydrogens (tertiary/aromatic N) is 2. The van der Waals surface area contributed by atoms with Crippen LogP contribution in [-0.2, 0) is 0 Å². The Morgan fingerprint density at radius 3 is 2.55 bits per heavy atom. The molecule has 1 heterocycles. The summed E-state index contributed by atoms with van der Waals surface area (Å²) in [5.41, 5.74) is 3.40. The summed E-state index contributed by atoms with van der Waals surface area (Å²) in [5, 5.41) is 12.7. The molecule has 0 bridgehead atoms. The molecular formula is C12H8BrCl2N5. The van der Waals surface area contributed by atoms with Gasteiger partial charge in [0.1, 0.15) is 6.07 Å². The molecule has 0 saturated carbocycles. The number of hydrazine groups is 1. The smallest absolute Gasteiger partial charge is 0.161 e. The Morgan fingerprint density at radius 1 is 1.20 bits per heavy atom. The van der Waals surface area contributed by atoms with Crippen molar-refractivity contribution in [2.75, 3.05) is 10.7 Å². The molecule has 0 aliphatic heterocycles. The number of halogens is 3. The molecule has 0 radical (unpaired) electrons. The summed E-state index contributed by atoms with van der Waals surface area (Å²) in [5.74, 6) is 5.95. The van der Waals surface area contributed by atoms with Crippen molar-refractivity contribution < 1.29 is 0 Å². The zero-order valence-electron chi connectivity index (χ0n) is 9.92. The first-order valence-electron chi connectivity index (χ1n) is 5.34. The number of hydrogen-bond donors (Lipinski definition) is 3. The molecule has 0 unspecified atom stereocenters. The van der Waals surface area contributed by atoms with Crippen molar-refractivity contribution in [3.63, 3.8) is 0 Å². The summed E-state index contributed by atoms with van der Waals surface area (Å²) in [4.78, 5) is 4.15. The molecule has 5 nitrogen and oxygen atoms in total. The third-order valence-corrected chi connectivity index (χ3v) is 3.49. The first-order chi connectivity index (χ1) is 9.55. The predicted octanol–water partition coefficient (Wildman–Crippen LogP) is 4.05. The van der Waals surface area contributed by atoms with E-state index in [1.54, 1.807) is 18.2 Å². The Hall–Kier alpha value is -1.52. The number of nitrogens with one attached hydrogen (secondary N) is 2. The predicted molar refractivity (Wildman–Crippen MR) is 84.2 cm³/mol. The van der Waals surface area contributed by atoms with Gasteiger partial charge in [-0.2, -0.15) is 5.26 Å². The van der Waals surface area contributed by atoms with Gasteiger partial charge in [-0.05, 0) is 24.3 Å². The highest BCUT2D eigenvalue weighted by atomic mass is 79.9. The van der Waals surface area contributed by atoms with Gasteiger partial charge in [-0.15, -0.1) is 0 Å². The second kappa shape index (κ2) is 6.29. The minimum absolute atomic E-state index is 0.286. The molecular weight excluding hydrogens is 365 g/mol. The van der Waals surface area contributed by atoms with Gasteiger partial charge < -0.3 is 10.7 Å². The van der Waals surface area contributed by atoms with Gasteiger partial charge in [-0.3, -0.25) is 0 Å². The van der Waals surface area contributed by atoms with Gasteiger partial charge in [0.25, 0.3) is 0 Å². The van der Waals surface area contributed by atoms with Crippen LogP contribution in [0.4, 0.5) is 17.3 Å². The van der Waals surface area contributed by atoms with Gasteiger partial charge in [-0.1, -0.05) is 39.1 Å². The lowest BCUT2D eigenvalue weighted by atomic mass is 10.2. The van der Waals surface area contributed by atoms with E-state index < -0.39 is 0 Å². The quantitative estimate of drug-likeness (QED) is 0.558. The van der Waals surface area contributed by atoms with Crippen LogP contribution >= 0.6 is 39.1 Å². The van der Waals surface area contributed by atoms with E-state index >= 15 is 0 Å². The van der Waals surface area contributed by atoms with Gasteiger partial charge in [0, 0.05) is 4.47 Å². The lowest BCUT2D eigenvalue weighted by Gasteiger charge is -2.11. The van der Waals surface area contributed by atoms with Crippen molar-refractivity contribution in [1.82, 2.24) is 4.98 Å². The molecule has 0 atom stereocenters. The third-order valence-electron chi connectivity index (χ3n) is 2.42. The fourth-order valence-corrected chi connectivity index (χ4v) is 2.32. The van der Waals surface area contributed by atoms with E-state index in [1.165, 1.54) is 6.07 Å². The van der Waals surface area contributed by atoms with E-state index in [2.05, 4.69) is 37.7 Å². The van der Waals surface area contributed by atoms with Gasteiger partial charge in [0.2, 0.25) is 0 Å². The van der Waals surface area contributed by atoms with Gasteiger partial charge in [0.05, 0.1) is 21.3 Å². The number of pyridine rings is 1. The van der Waals surface area contributed by atoms with Crippen molar-refractivity contribution in [2.24, 2.45) is 5.84 Å². The fraction of sp³-hybridized carbons (Fsp3) is 0. The average molecular weight is 373 g/mol. The maximum atomic E-state index is 9.12. The van der Waals surface area contributed by atoms with Crippen LogP contribution < -0.4 is 16.6 Å². The number of benzene rings is 1. The molecule has 0 fully saturated rings. The highest BCUT2D eigenvalue weighted by Crippen LogP contribution is 2.32. The molecule has 1 aromatic carbocycles. The maximum absolute atomic E-state index is 9.12. The van der Waals surface area contributed by atoms with Gasteiger partial charge in [-0.25, -0.2) is 10.8 Å². The number of hydrogen-bond acceptors (Lipinski definition) is 5. The van der Waals surface area contributed by atoms with Crippen LogP contribution in [0, 0.1) is 11.3 Å². The van der Waals surface area contributed by atoms with E-state index in [0.717, 1.165) is 4.47 Å². The van der Waals surface area contributed by atoms with Crippen LogP contribution in [0.25, 0.3) is 0 Å². The topological polar surface area (TPSA) is 86.8 Å². The highest BCUT2D eigenvalue weighted by molar-refractivity contribution is 9.10. The van der Waals surface area contributed by atoms with Crippen LogP contribution in [0.5, 0.6) is 0 Å². The van der Waals surface area contributed by atoms with Crippen molar-refractivity contribution in [1.29, 1.82) is 5.26 Å². The molecule has 0 saturated heterocycles. The lowest BCUT2D eigenvalue weighted by molar-refractivity contribution is 1.22. The fourth-order valence-electron chi connectivity index (χ4n) is 1.50. The largest absolute Gasteiger partial charge is 0.338 e. The SMILES string of the molecule is N#Cc1cc(Br)ccc1Nc1nc(NN)c(Cl)cc1Cl. The lowest BCUT2D eigenvalue weighted by Crippen LogP contribution is -2.10. The summed E-state index contributed by atoms with van der Waals surface area (Å²) in [6.07, 6.45) is 0. The minimum atomic E-state index is 0.286. The van der Waals surface area contributed by atoms with Crippen LogP contribution in [0.15, 0.2) is 28.7 Å². The van der Waals surface area contributed by atoms with Crippen molar-refractivity contribution in [3.8, 4) is 6.07 Å². The van der Waals surface area contributed by atoms with E-state index in [1.807, 2.05) is 0 Å². The molecule has 1 aromatic heterocycles. The average Bonchev–Trinajstić information content (AvgIpc) is 2.43. The minimum Gasteiger partial charge on any atom is -0.338 e. The van der Waals surface area contributed by atoms with Crippen molar-refractivity contribution in [3.05, 3.63) is 44.3 Å². The summed E-state index contributed by atoms with van der Waals surface area (Å²) in [6.45, 7) is 0. The number of nitrogens with two attached hydrogens (primary N) is 1. The number of nitrogen functional groups attached to an aromatic ring is 1. The molecule has 4 N–H and O–H groups in total. The second-order valence-electron chi connectivity index (χ2n) is 3.72. The third kappa shape index (κ3) is 3.14. The standard InChI is InChI=1S/C12H8BrCl2N5/c13-7-1-2-10(6(3-7)5-16)18-11-8(14)4-9(15)12(19-11)20-17/h1-4H,17H2,(H2,18,19,20). The molecule has 0 aliphatic rings. The number of aromatic nitrogens is 1. The van der Waals surface area contributed by atoms with E-state index in [0.29, 0.717) is 27.1 Å². The Morgan fingerprint density at radius 2 is 1.90 bits per heavy atom. The zero-order chi connectivity index (χ0) is 14.7. The number of nitriles is 1. The first-order valence-corrected chi connectivity index (χ1v) is 6.89. The van der Waals surface area contributed by atoms with Gasteiger partial charge in [0.15, 0.2) is 11.6 Å². The Labute approximate surface area is 133 Å². The maximum Gasteiger partial charge on any atom is 0.161 e. The molecule has 0 aliphatic carbocycles. The zero-order valence-corrected chi connectivity index (χ0v) is 13.0. The molecule has 2 aromatic rings. The summed E-state index contributed by atoms with van der Waals surface area (Å²) in [7, 11) is 0. The monoisotopic (exact) mass is 371 g/mol. The summed E-state index contributed by atoms with van der Waals surface area (Å²) in [6, 6.07) is 8.83. The molecule has 102 valence electrons. The number of anilines is 3. The van der Waals surface area contributed by atoms with Crippen LogP contribution in [-0.4, -0.2) is 4.98 Å². The van der Waals surface area contributed by atoms with E-state index in [-0.39, 0.29) is 5.82 Å². The Bertz CT molecular complexity index is 699. The molecule has 2 rings (SSSR count).